The van der Waals surface area contributed by atoms with Crippen molar-refractivity contribution in [1.29, 1.82) is 0 Å². The largest absolute Gasteiger partial charge is 0.334 e. The van der Waals surface area contributed by atoms with E-state index in [0.29, 0.717) is 16.6 Å². The molecule has 0 fully saturated rings. The van der Waals surface area contributed by atoms with E-state index < -0.39 is 0 Å². The fraction of sp³-hybridized carbons (Fsp3) is 0.0476. The molecule has 3 aromatic carbocycles. The molecule has 5 rings (SSSR count). The first kappa shape index (κ1) is 16.4. The lowest BCUT2D eigenvalue weighted by atomic mass is 10.2. The Morgan fingerprint density at radius 2 is 1.48 bits per heavy atom. The van der Waals surface area contributed by atoms with Crippen molar-refractivity contribution in [3.05, 3.63) is 88.7 Å². The van der Waals surface area contributed by atoms with Crippen LogP contribution in [0.3, 0.4) is 0 Å². The molecule has 27 heavy (non-hydrogen) atoms. The number of benzene rings is 3. The summed E-state index contributed by atoms with van der Waals surface area (Å²) in [5.41, 5.74) is 3.96. The first-order valence-electron chi connectivity index (χ1n) is 8.53. The van der Waals surface area contributed by atoms with E-state index in [4.69, 9.17) is 23.2 Å². The second-order valence-electron chi connectivity index (χ2n) is 6.37. The number of nitrogens with zero attached hydrogens (tertiary/aromatic N) is 4. The average molecular weight is 393 g/mol. The predicted octanol–water partition coefficient (Wildman–Crippen LogP) is 5.73. The van der Waals surface area contributed by atoms with Gasteiger partial charge in [0.25, 0.3) is 0 Å². The van der Waals surface area contributed by atoms with Crippen LogP contribution < -0.4 is 0 Å². The summed E-state index contributed by atoms with van der Waals surface area (Å²) in [6, 6.07) is 22.1. The standard InChI is InChI=1S/C21H14Cl2N4/c22-14-9-10-21(18(23)11-14)27-13-15(24-25-27)12-26-19-7-3-1-5-16(19)17-6-2-4-8-20(17)26/h1-11,13H,12H2. The molecule has 0 aliphatic carbocycles. The normalized spacial score (nSPS) is 11.5. The van der Waals surface area contributed by atoms with Gasteiger partial charge in [-0.25, -0.2) is 4.68 Å². The fourth-order valence-corrected chi connectivity index (χ4v) is 3.99. The van der Waals surface area contributed by atoms with Gasteiger partial charge in [0.15, 0.2) is 0 Å². The van der Waals surface area contributed by atoms with E-state index in [2.05, 4.69) is 63.4 Å². The van der Waals surface area contributed by atoms with Crippen LogP contribution >= 0.6 is 23.2 Å². The Morgan fingerprint density at radius 3 is 2.15 bits per heavy atom. The van der Waals surface area contributed by atoms with Gasteiger partial charge in [0.2, 0.25) is 0 Å². The van der Waals surface area contributed by atoms with Crippen LogP contribution in [0.5, 0.6) is 0 Å². The Kier molecular flexibility index (Phi) is 3.88. The number of para-hydroxylation sites is 2. The molecule has 0 radical (unpaired) electrons. The molecule has 0 N–H and O–H groups in total. The topological polar surface area (TPSA) is 35.6 Å². The van der Waals surface area contributed by atoms with Crippen LogP contribution in [0.15, 0.2) is 72.9 Å². The van der Waals surface area contributed by atoms with E-state index in [1.54, 1.807) is 16.8 Å². The maximum Gasteiger partial charge on any atom is 0.103 e. The van der Waals surface area contributed by atoms with Crippen LogP contribution in [-0.4, -0.2) is 19.6 Å². The van der Waals surface area contributed by atoms with Crippen LogP contribution in [0.1, 0.15) is 5.69 Å². The monoisotopic (exact) mass is 392 g/mol. The summed E-state index contributed by atoms with van der Waals surface area (Å²) in [4.78, 5) is 0. The molecule has 0 aliphatic heterocycles. The quantitative estimate of drug-likeness (QED) is 0.392. The van der Waals surface area contributed by atoms with Crippen molar-refractivity contribution in [3.63, 3.8) is 0 Å². The Balaban J connectivity index is 1.59. The first-order valence-corrected chi connectivity index (χ1v) is 9.29. The smallest absolute Gasteiger partial charge is 0.103 e. The zero-order chi connectivity index (χ0) is 18.4. The summed E-state index contributed by atoms with van der Waals surface area (Å²) in [5, 5.41) is 12.2. The molecule has 0 atom stereocenters. The average Bonchev–Trinajstić information content (AvgIpc) is 3.26. The van der Waals surface area contributed by atoms with E-state index in [1.807, 2.05) is 12.3 Å². The van der Waals surface area contributed by atoms with Gasteiger partial charge >= 0.3 is 0 Å². The molecule has 0 saturated carbocycles. The molecule has 0 aliphatic rings. The lowest BCUT2D eigenvalue weighted by molar-refractivity contribution is 0.783. The Hall–Kier alpha value is -2.82. The summed E-state index contributed by atoms with van der Waals surface area (Å²) in [5.74, 6) is 0. The van der Waals surface area contributed by atoms with E-state index in [1.165, 1.54) is 21.8 Å². The lowest BCUT2D eigenvalue weighted by Crippen LogP contribution is -1.99. The first-order chi connectivity index (χ1) is 13.2. The minimum Gasteiger partial charge on any atom is -0.334 e. The van der Waals surface area contributed by atoms with Crippen LogP contribution in [0, 0.1) is 0 Å². The second kappa shape index (κ2) is 6.41. The summed E-state index contributed by atoms with van der Waals surface area (Å²) in [6.45, 7) is 0.624. The molecule has 4 nitrogen and oxygen atoms in total. The number of rotatable bonds is 3. The second-order valence-corrected chi connectivity index (χ2v) is 7.21. The maximum atomic E-state index is 6.29. The van der Waals surface area contributed by atoms with Gasteiger partial charge in [-0.1, -0.05) is 64.8 Å². The summed E-state index contributed by atoms with van der Waals surface area (Å²) < 4.78 is 3.95. The van der Waals surface area contributed by atoms with Crippen molar-refractivity contribution in [2.24, 2.45) is 0 Å². The maximum absolute atomic E-state index is 6.29. The highest BCUT2D eigenvalue weighted by atomic mass is 35.5. The van der Waals surface area contributed by atoms with Gasteiger partial charge in [-0.15, -0.1) is 5.10 Å². The molecule has 132 valence electrons. The molecule has 0 spiro atoms. The zero-order valence-corrected chi connectivity index (χ0v) is 15.7. The van der Waals surface area contributed by atoms with Gasteiger partial charge in [0.1, 0.15) is 5.69 Å². The molecule has 6 heteroatoms. The third kappa shape index (κ3) is 2.78. The van der Waals surface area contributed by atoms with Crippen LogP contribution in [0.4, 0.5) is 0 Å². The molecular formula is C21H14Cl2N4. The van der Waals surface area contributed by atoms with Crippen molar-refractivity contribution in [3.8, 4) is 5.69 Å². The minimum absolute atomic E-state index is 0.538. The Morgan fingerprint density at radius 1 is 0.815 bits per heavy atom. The molecule has 2 aromatic heterocycles. The molecule has 5 aromatic rings. The zero-order valence-electron chi connectivity index (χ0n) is 14.2. The van der Waals surface area contributed by atoms with E-state index in [-0.39, 0.29) is 0 Å². The highest BCUT2D eigenvalue weighted by molar-refractivity contribution is 6.35. The third-order valence-corrected chi connectivity index (χ3v) is 5.24. The van der Waals surface area contributed by atoms with Gasteiger partial charge in [-0.3, -0.25) is 0 Å². The highest BCUT2D eigenvalue weighted by Crippen LogP contribution is 2.29. The number of hydrogen-bond donors (Lipinski definition) is 0. The van der Waals surface area contributed by atoms with Crippen LogP contribution in [0.2, 0.25) is 10.0 Å². The fourth-order valence-electron chi connectivity index (χ4n) is 3.49. The predicted molar refractivity (Wildman–Crippen MR) is 110 cm³/mol. The molecule has 2 heterocycles. The van der Waals surface area contributed by atoms with Gasteiger partial charge in [0.05, 0.1) is 23.5 Å². The van der Waals surface area contributed by atoms with Crippen molar-refractivity contribution in [2.45, 2.75) is 6.54 Å². The number of hydrogen-bond acceptors (Lipinski definition) is 2. The molecular weight excluding hydrogens is 379 g/mol. The molecule has 0 bridgehead atoms. The van der Waals surface area contributed by atoms with Gasteiger partial charge in [-0.05, 0) is 30.3 Å². The van der Waals surface area contributed by atoms with E-state index in [9.17, 15) is 0 Å². The summed E-state index contributed by atoms with van der Waals surface area (Å²) in [6.07, 6.45) is 1.90. The lowest BCUT2D eigenvalue weighted by Gasteiger charge is -2.05. The minimum atomic E-state index is 0.538. The van der Waals surface area contributed by atoms with E-state index in [0.717, 1.165) is 11.4 Å². The van der Waals surface area contributed by atoms with Crippen LogP contribution in [0.25, 0.3) is 27.5 Å². The third-order valence-electron chi connectivity index (χ3n) is 4.70. The van der Waals surface area contributed by atoms with Crippen molar-refractivity contribution >= 4 is 45.0 Å². The van der Waals surface area contributed by atoms with Crippen molar-refractivity contribution in [2.75, 3.05) is 0 Å². The Bertz CT molecular complexity index is 1230. The molecule has 0 saturated heterocycles. The van der Waals surface area contributed by atoms with Crippen LogP contribution in [-0.2, 0) is 6.54 Å². The summed E-state index contributed by atoms with van der Waals surface area (Å²) in [7, 11) is 0. The highest BCUT2D eigenvalue weighted by Gasteiger charge is 2.12. The number of fused-ring (bicyclic) bond motifs is 3. The van der Waals surface area contributed by atoms with E-state index >= 15 is 0 Å². The van der Waals surface area contributed by atoms with Crippen molar-refractivity contribution in [1.82, 2.24) is 19.6 Å². The van der Waals surface area contributed by atoms with Gasteiger partial charge in [-0.2, -0.15) is 0 Å². The molecule has 0 unspecified atom stereocenters. The molecule has 0 amide bonds. The SMILES string of the molecule is Clc1ccc(-n2cc(Cn3c4ccccc4c4ccccc43)nn2)c(Cl)c1. The van der Waals surface area contributed by atoms with Gasteiger partial charge < -0.3 is 4.57 Å². The Labute approximate surface area is 165 Å². The number of aromatic nitrogens is 4. The summed E-state index contributed by atoms with van der Waals surface area (Å²) >= 11 is 12.3. The van der Waals surface area contributed by atoms with Crippen molar-refractivity contribution < 1.29 is 0 Å². The van der Waals surface area contributed by atoms with Gasteiger partial charge in [0, 0.05) is 26.8 Å². The number of halogens is 2.